The molecular weight excluding hydrogens is 248 g/mol. The minimum absolute atomic E-state index is 0.162. The molecule has 1 aromatic rings. The molecule has 0 bridgehead atoms. The molecule has 0 fully saturated rings. The highest BCUT2D eigenvalue weighted by atomic mass is 19.3. The molecule has 0 aliphatic carbocycles. The quantitative estimate of drug-likeness (QED) is 0.819. The van der Waals surface area contributed by atoms with Gasteiger partial charge in [-0.05, 0) is 6.92 Å². The zero-order chi connectivity index (χ0) is 13.7. The topological polar surface area (TPSA) is 68.7 Å². The highest BCUT2D eigenvalue weighted by Gasteiger charge is 2.23. The number of alkyl halides is 2. The van der Waals surface area contributed by atoms with Crippen molar-refractivity contribution >= 4 is 5.97 Å². The Labute approximate surface area is 102 Å². The van der Waals surface area contributed by atoms with Crippen LogP contribution in [0.25, 0.3) is 0 Å². The van der Waals surface area contributed by atoms with Crippen molar-refractivity contribution in [1.29, 1.82) is 0 Å². The third-order valence-electron chi connectivity index (χ3n) is 2.19. The maximum Gasteiger partial charge on any atom is 0.312 e. The predicted octanol–water partition coefficient (Wildman–Crippen LogP) is 1.84. The van der Waals surface area contributed by atoms with E-state index in [4.69, 9.17) is 0 Å². The van der Waals surface area contributed by atoms with E-state index in [1.807, 2.05) is 0 Å². The number of nitrogens with zero attached hydrogens (tertiary/aromatic N) is 1. The molecule has 0 aliphatic heterocycles. The van der Waals surface area contributed by atoms with Crippen LogP contribution in [0.3, 0.4) is 0 Å². The number of esters is 1. The molecule has 0 saturated carbocycles. The lowest BCUT2D eigenvalue weighted by atomic mass is 10.1. The minimum atomic E-state index is -2.93. The van der Waals surface area contributed by atoms with Crippen LogP contribution in [0.4, 0.5) is 8.78 Å². The number of hydrogen-bond donors (Lipinski definition) is 1. The smallest absolute Gasteiger partial charge is 0.312 e. The Bertz CT molecular complexity index is 437. The molecule has 0 aliphatic rings. The summed E-state index contributed by atoms with van der Waals surface area (Å²) >= 11 is 0. The van der Waals surface area contributed by atoms with Gasteiger partial charge in [0.2, 0.25) is 0 Å². The van der Waals surface area contributed by atoms with Crippen LogP contribution in [0.15, 0.2) is 6.20 Å². The van der Waals surface area contributed by atoms with Crippen LogP contribution in [-0.4, -0.2) is 29.8 Å². The van der Waals surface area contributed by atoms with Gasteiger partial charge >= 0.3 is 5.97 Å². The number of aromatic nitrogens is 1. The molecule has 0 amide bonds. The van der Waals surface area contributed by atoms with Crippen molar-refractivity contribution in [1.82, 2.24) is 4.98 Å². The highest BCUT2D eigenvalue weighted by Crippen LogP contribution is 2.37. The van der Waals surface area contributed by atoms with Crippen molar-refractivity contribution in [3.05, 3.63) is 17.5 Å². The van der Waals surface area contributed by atoms with Crippen molar-refractivity contribution in [2.75, 3.05) is 13.7 Å². The molecule has 1 aromatic heterocycles. The van der Waals surface area contributed by atoms with Gasteiger partial charge in [0.15, 0.2) is 0 Å². The van der Waals surface area contributed by atoms with Crippen LogP contribution in [0.1, 0.15) is 24.6 Å². The summed E-state index contributed by atoms with van der Waals surface area (Å²) in [5.74, 6) is -1.61. The fourth-order valence-corrected chi connectivity index (χ4v) is 1.39. The molecule has 1 heterocycles. The van der Waals surface area contributed by atoms with E-state index in [0.717, 1.165) is 6.20 Å². The summed E-state index contributed by atoms with van der Waals surface area (Å²) in [6, 6.07) is 0. The van der Waals surface area contributed by atoms with E-state index in [1.54, 1.807) is 6.92 Å². The fraction of sp³-hybridized carbons (Fsp3) is 0.455. The van der Waals surface area contributed by atoms with Crippen LogP contribution < -0.4 is 4.74 Å². The van der Waals surface area contributed by atoms with Crippen molar-refractivity contribution in [3.8, 4) is 11.5 Å². The fourth-order valence-electron chi connectivity index (χ4n) is 1.39. The van der Waals surface area contributed by atoms with E-state index in [0.29, 0.717) is 0 Å². The predicted molar refractivity (Wildman–Crippen MR) is 57.7 cm³/mol. The van der Waals surface area contributed by atoms with E-state index in [-0.39, 0.29) is 24.5 Å². The Morgan fingerprint density at radius 2 is 2.22 bits per heavy atom. The Morgan fingerprint density at radius 1 is 1.56 bits per heavy atom. The number of hydrogen-bond acceptors (Lipinski definition) is 5. The van der Waals surface area contributed by atoms with Gasteiger partial charge in [0.25, 0.3) is 6.43 Å². The van der Waals surface area contributed by atoms with Gasteiger partial charge in [-0.15, -0.1) is 0 Å². The van der Waals surface area contributed by atoms with Crippen LogP contribution in [0.5, 0.6) is 11.5 Å². The minimum Gasteiger partial charge on any atom is -0.505 e. The van der Waals surface area contributed by atoms with E-state index < -0.39 is 23.7 Å². The summed E-state index contributed by atoms with van der Waals surface area (Å²) < 4.78 is 34.8. The van der Waals surface area contributed by atoms with Gasteiger partial charge in [-0.1, -0.05) is 0 Å². The van der Waals surface area contributed by atoms with Crippen LogP contribution in [-0.2, 0) is 16.0 Å². The van der Waals surface area contributed by atoms with Gasteiger partial charge in [0.05, 0.1) is 32.0 Å². The van der Waals surface area contributed by atoms with E-state index in [1.165, 1.54) is 7.11 Å². The van der Waals surface area contributed by atoms with Crippen molar-refractivity contribution < 1.29 is 28.2 Å². The molecule has 0 aromatic carbocycles. The van der Waals surface area contributed by atoms with Crippen LogP contribution in [0.2, 0.25) is 0 Å². The lowest BCUT2D eigenvalue weighted by molar-refractivity contribution is -0.142. The number of carbonyl (C=O) groups is 1. The molecule has 18 heavy (non-hydrogen) atoms. The maximum absolute atomic E-state index is 12.8. The lowest BCUT2D eigenvalue weighted by Crippen LogP contribution is -2.10. The number of halogens is 2. The summed E-state index contributed by atoms with van der Waals surface area (Å²) in [5.41, 5.74) is -0.837. The molecule has 7 heteroatoms. The molecule has 5 nitrogen and oxygen atoms in total. The van der Waals surface area contributed by atoms with Gasteiger partial charge in [-0.25, -0.2) is 8.78 Å². The lowest BCUT2D eigenvalue weighted by Gasteiger charge is -2.12. The molecule has 0 radical (unpaired) electrons. The van der Waals surface area contributed by atoms with E-state index >= 15 is 0 Å². The molecule has 1 N–H and O–H groups in total. The summed E-state index contributed by atoms with van der Waals surface area (Å²) in [4.78, 5) is 14.9. The first-order valence-electron chi connectivity index (χ1n) is 5.19. The summed E-state index contributed by atoms with van der Waals surface area (Å²) in [5, 5.41) is 9.66. The largest absolute Gasteiger partial charge is 0.505 e. The molecule has 1 rings (SSSR count). The SMILES string of the molecule is CCOC(=O)Cc1ncc(OC)c(C(F)F)c1O. The number of methoxy groups -OCH3 is 1. The monoisotopic (exact) mass is 261 g/mol. The summed E-state index contributed by atoms with van der Waals surface area (Å²) in [7, 11) is 1.19. The second kappa shape index (κ2) is 6.13. The first-order chi connectivity index (χ1) is 8.51. The van der Waals surface area contributed by atoms with Crippen molar-refractivity contribution in [3.63, 3.8) is 0 Å². The number of ether oxygens (including phenoxy) is 2. The Morgan fingerprint density at radius 3 is 2.72 bits per heavy atom. The van der Waals surface area contributed by atoms with E-state index in [9.17, 15) is 18.7 Å². The summed E-state index contributed by atoms with van der Waals surface area (Å²) in [6.45, 7) is 1.78. The standard InChI is InChI=1S/C11H13F2NO4/c1-3-18-8(15)4-6-10(16)9(11(12)13)7(17-2)5-14-6/h5,11,16H,3-4H2,1-2H3. The zero-order valence-corrected chi connectivity index (χ0v) is 9.94. The molecule has 0 unspecified atom stereocenters. The van der Waals surface area contributed by atoms with Crippen LogP contribution >= 0.6 is 0 Å². The molecule has 0 saturated heterocycles. The summed E-state index contributed by atoms with van der Waals surface area (Å²) in [6.07, 6.45) is -2.26. The Kier molecular flexibility index (Phi) is 4.82. The van der Waals surface area contributed by atoms with Gasteiger partial charge in [0, 0.05) is 0 Å². The van der Waals surface area contributed by atoms with Gasteiger partial charge in [0.1, 0.15) is 17.1 Å². The average molecular weight is 261 g/mol. The van der Waals surface area contributed by atoms with Gasteiger partial charge < -0.3 is 14.6 Å². The zero-order valence-electron chi connectivity index (χ0n) is 9.94. The van der Waals surface area contributed by atoms with Crippen molar-refractivity contribution in [2.24, 2.45) is 0 Å². The van der Waals surface area contributed by atoms with E-state index in [2.05, 4.69) is 14.5 Å². The van der Waals surface area contributed by atoms with Gasteiger partial charge in [-0.2, -0.15) is 0 Å². The number of carbonyl (C=O) groups excluding carboxylic acids is 1. The first-order valence-corrected chi connectivity index (χ1v) is 5.19. The second-order valence-corrected chi connectivity index (χ2v) is 3.32. The van der Waals surface area contributed by atoms with Crippen molar-refractivity contribution in [2.45, 2.75) is 19.8 Å². The highest BCUT2D eigenvalue weighted by molar-refractivity contribution is 5.73. The van der Waals surface area contributed by atoms with Gasteiger partial charge in [-0.3, -0.25) is 9.78 Å². The molecule has 0 atom stereocenters. The molecule has 0 spiro atoms. The third kappa shape index (κ3) is 3.06. The normalized spacial score (nSPS) is 10.5. The number of rotatable bonds is 5. The Balaban J connectivity index is 3.08. The first kappa shape index (κ1) is 14.1. The number of aromatic hydroxyl groups is 1. The Hall–Kier alpha value is -1.92. The number of pyridine rings is 1. The van der Waals surface area contributed by atoms with Crippen LogP contribution in [0, 0.1) is 0 Å². The molecular formula is C11H13F2NO4. The maximum atomic E-state index is 12.8. The average Bonchev–Trinajstić information content (AvgIpc) is 2.31. The second-order valence-electron chi connectivity index (χ2n) is 3.32. The third-order valence-corrected chi connectivity index (χ3v) is 2.19. The molecule has 100 valence electrons.